The number of hydrogen-bond acceptors (Lipinski definition) is 4. The van der Waals surface area contributed by atoms with E-state index in [9.17, 15) is 18.8 Å². The molecule has 39 heavy (non-hydrogen) atoms. The lowest BCUT2D eigenvalue weighted by Crippen LogP contribution is -2.13. The van der Waals surface area contributed by atoms with Gasteiger partial charge in [0.05, 0.1) is 17.1 Å². The van der Waals surface area contributed by atoms with E-state index in [0.29, 0.717) is 33.5 Å². The van der Waals surface area contributed by atoms with Gasteiger partial charge in [0.25, 0.3) is 11.8 Å². The molecule has 0 saturated carbocycles. The van der Waals surface area contributed by atoms with E-state index in [1.54, 1.807) is 24.3 Å². The van der Waals surface area contributed by atoms with Crippen LogP contribution in [0.1, 0.15) is 32.7 Å². The Labute approximate surface area is 222 Å². The Morgan fingerprint density at radius 2 is 1.74 bits per heavy atom. The van der Waals surface area contributed by atoms with Crippen LogP contribution < -0.4 is 16.4 Å². The first-order valence-corrected chi connectivity index (χ1v) is 12.0. The number of aromatic amines is 1. The van der Waals surface area contributed by atoms with E-state index in [1.807, 2.05) is 37.3 Å². The fourth-order valence-electron chi connectivity index (χ4n) is 4.66. The summed E-state index contributed by atoms with van der Waals surface area (Å²) in [7, 11) is 0. The van der Waals surface area contributed by atoms with Gasteiger partial charge in [0.2, 0.25) is 5.91 Å². The number of nitrogens with one attached hydrogen (secondary N) is 3. The number of amides is 3. The molecule has 192 valence electrons. The van der Waals surface area contributed by atoms with Gasteiger partial charge in [-0.05, 0) is 72.1 Å². The molecular weight excluding hydrogens is 497 g/mol. The van der Waals surface area contributed by atoms with Crippen molar-refractivity contribution < 1.29 is 18.8 Å². The minimum absolute atomic E-state index is 0.270. The number of nitrogens with zero attached hydrogens (tertiary/aromatic N) is 1. The molecule has 0 aliphatic heterocycles. The Kier molecular flexibility index (Phi) is 6.52. The van der Waals surface area contributed by atoms with Gasteiger partial charge in [-0.2, -0.15) is 5.26 Å². The van der Waals surface area contributed by atoms with Gasteiger partial charge in [0.1, 0.15) is 12.2 Å². The molecule has 5 N–H and O–H groups in total. The lowest BCUT2D eigenvalue weighted by Gasteiger charge is -2.15. The normalized spacial score (nSPS) is 10.8. The Morgan fingerprint density at radius 3 is 2.46 bits per heavy atom. The summed E-state index contributed by atoms with van der Waals surface area (Å²) in [6, 6.07) is 21.3. The number of hydrogen-bond donors (Lipinski definition) is 4. The summed E-state index contributed by atoms with van der Waals surface area (Å²) in [5, 5.41) is 15.9. The van der Waals surface area contributed by atoms with Gasteiger partial charge in [-0.25, -0.2) is 4.39 Å². The number of carbonyl (C=O) groups is 3. The number of H-pyrrole nitrogens is 1. The highest BCUT2D eigenvalue weighted by atomic mass is 19.1. The van der Waals surface area contributed by atoms with E-state index in [-0.39, 0.29) is 12.3 Å². The molecule has 0 atom stereocenters. The average molecular weight is 520 g/mol. The highest BCUT2D eigenvalue weighted by Gasteiger charge is 2.19. The maximum atomic E-state index is 13.3. The maximum absolute atomic E-state index is 13.3. The SMILES string of the molecule is Cc1c(NC(=O)c2ccc(F)cc2)cccc1-c1ccc(C(N)=O)c2[nH]c3cc(NC(=O)CC#N)ccc3c12. The van der Waals surface area contributed by atoms with Crippen molar-refractivity contribution in [2.45, 2.75) is 13.3 Å². The molecule has 0 aliphatic carbocycles. The number of nitrogens with two attached hydrogens (primary N) is 1. The van der Waals surface area contributed by atoms with Crippen molar-refractivity contribution in [3.05, 3.63) is 95.3 Å². The zero-order valence-corrected chi connectivity index (χ0v) is 20.8. The first kappa shape index (κ1) is 25.2. The van der Waals surface area contributed by atoms with Crippen LogP contribution in [0, 0.1) is 24.1 Å². The van der Waals surface area contributed by atoms with Crippen molar-refractivity contribution in [2.24, 2.45) is 5.73 Å². The summed E-state index contributed by atoms with van der Waals surface area (Å²) in [4.78, 5) is 40.2. The van der Waals surface area contributed by atoms with E-state index in [4.69, 9.17) is 11.0 Å². The van der Waals surface area contributed by atoms with Crippen molar-refractivity contribution in [1.82, 2.24) is 4.98 Å². The van der Waals surface area contributed by atoms with Crippen molar-refractivity contribution in [1.29, 1.82) is 5.26 Å². The first-order chi connectivity index (χ1) is 18.8. The van der Waals surface area contributed by atoms with Crippen molar-refractivity contribution in [2.75, 3.05) is 10.6 Å². The number of primary amides is 1. The van der Waals surface area contributed by atoms with Crippen LogP contribution in [0.5, 0.6) is 0 Å². The summed E-state index contributed by atoms with van der Waals surface area (Å²) < 4.78 is 13.3. The second-order valence-corrected chi connectivity index (χ2v) is 8.98. The molecule has 0 radical (unpaired) electrons. The van der Waals surface area contributed by atoms with Gasteiger partial charge in [-0.1, -0.05) is 24.3 Å². The predicted molar refractivity (Wildman–Crippen MR) is 148 cm³/mol. The number of carbonyl (C=O) groups excluding carboxylic acids is 3. The van der Waals surface area contributed by atoms with Gasteiger partial charge in [-0.15, -0.1) is 0 Å². The van der Waals surface area contributed by atoms with Crippen LogP contribution in [-0.4, -0.2) is 22.7 Å². The molecule has 3 amide bonds. The Morgan fingerprint density at radius 1 is 0.974 bits per heavy atom. The minimum Gasteiger partial charge on any atom is -0.366 e. The molecule has 0 unspecified atom stereocenters. The van der Waals surface area contributed by atoms with Crippen LogP contribution in [0.4, 0.5) is 15.8 Å². The second kappa shape index (κ2) is 10.1. The van der Waals surface area contributed by atoms with Gasteiger partial charge < -0.3 is 21.4 Å². The molecule has 1 aromatic heterocycles. The number of halogens is 1. The van der Waals surface area contributed by atoms with Gasteiger partial charge in [-0.3, -0.25) is 14.4 Å². The zero-order chi connectivity index (χ0) is 27.7. The lowest BCUT2D eigenvalue weighted by atomic mass is 9.93. The average Bonchev–Trinajstić information content (AvgIpc) is 3.28. The molecule has 0 fully saturated rings. The fourth-order valence-corrected chi connectivity index (χ4v) is 4.66. The third-order valence-electron chi connectivity index (χ3n) is 6.52. The summed E-state index contributed by atoms with van der Waals surface area (Å²) in [5.74, 6) is -1.83. The first-order valence-electron chi connectivity index (χ1n) is 12.0. The van der Waals surface area contributed by atoms with Crippen LogP contribution >= 0.6 is 0 Å². The topological polar surface area (TPSA) is 141 Å². The van der Waals surface area contributed by atoms with E-state index in [1.165, 1.54) is 24.3 Å². The molecule has 0 aliphatic rings. The van der Waals surface area contributed by atoms with Crippen LogP contribution in [0.25, 0.3) is 32.9 Å². The molecule has 4 aromatic carbocycles. The van der Waals surface area contributed by atoms with Gasteiger partial charge in [0.15, 0.2) is 0 Å². The highest BCUT2D eigenvalue weighted by molar-refractivity contribution is 6.20. The maximum Gasteiger partial charge on any atom is 0.255 e. The number of nitriles is 1. The molecule has 0 spiro atoms. The monoisotopic (exact) mass is 519 g/mol. The largest absolute Gasteiger partial charge is 0.366 e. The lowest BCUT2D eigenvalue weighted by molar-refractivity contribution is -0.115. The van der Waals surface area contributed by atoms with Crippen LogP contribution in [-0.2, 0) is 4.79 Å². The number of benzene rings is 4. The predicted octanol–water partition coefficient (Wildman–Crippen LogP) is 5.64. The summed E-state index contributed by atoms with van der Waals surface area (Å²) in [5.41, 5.74) is 11.0. The molecule has 5 rings (SSSR count). The van der Waals surface area contributed by atoms with E-state index in [2.05, 4.69) is 15.6 Å². The smallest absolute Gasteiger partial charge is 0.255 e. The van der Waals surface area contributed by atoms with Crippen LogP contribution in [0.15, 0.2) is 72.8 Å². The van der Waals surface area contributed by atoms with Crippen LogP contribution in [0.3, 0.4) is 0 Å². The Bertz CT molecular complexity index is 1830. The fraction of sp³-hybridized carbons (Fsp3) is 0.0667. The number of rotatable bonds is 6. The molecule has 9 heteroatoms. The molecule has 8 nitrogen and oxygen atoms in total. The second-order valence-electron chi connectivity index (χ2n) is 8.98. The number of anilines is 2. The zero-order valence-electron chi connectivity index (χ0n) is 20.8. The number of aromatic nitrogens is 1. The molecule has 0 bridgehead atoms. The summed E-state index contributed by atoms with van der Waals surface area (Å²) >= 11 is 0. The standard InChI is InChI=1S/C30H22FN5O3/c1-16-20(3-2-4-24(16)36-30(39)17-5-7-18(31)8-6-17)21-11-12-23(29(33)38)28-27(21)22-10-9-19(15-25(22)35-28)34-26(37)13-14-32/h2-12,15,35H,13H2,1H3,(H2,33,38)(H,34,37)(H,36,39). The van der Waals surface area contributed by atoms with E-state index < -0.39 is 17.6 Å². The Hall–Kier alpha value is -5.49. The molecule has 0 saturated heterocycles. The van der Waals surface area contributed by atoms with E-state index >= 15 is 0 Å². The van der Waals surface area contributed by atoms with Crippen molar-refractivity contribution in [3.8, 4) is 17.2 Å². The molecular formula is C30H22FN5O3. The van der Waals surface area contributed by atoms with E-state index in [0.717, 1.165) is 27.5 Å². The highest BCUT2D eigenvalue weighted by Crippen LogP contribution is 2.39. The number of fused-ring (bicyclic) bond motifs is 3. The van der Waals surface area contributed by atoms with Crippen molar-refractivity contribution >= 4 is 50.9 Å². The Balaban J connectivity index is 1.62. The summed E-state index contributed by atoms with van der Waals surface area (Å²) in [6.07, 6.45) is -0.270. The third kappa shape index (κ3) is 4.79. The van der Waals surface area contributed by atoms with Gasteiger partial charge >= 0.3 is 0 Å². The van der Waals surface area contributed by atoms with Crippen molar-refractivity contribution in [3.63, 3.8) is 0 Å². The van der Waals surface area contributed by atoms with Gasteiger partial charge in [0, 0.05) is 33.2 Å². The third-order valence-corrected chi connectivity index (χ3v) is 6.52. The summed E-state index contributed by atoms with van der Waals surface area (Å²) in [6.45, 7) is 1.88. The minimum atomic E-state index is -0.599. The molecule has 1 heterocycles. The molecule has 5 aromatic rings. The van der Waals surface area contributed by atoms with Crippen LogP contribution in [0.2, 0.25) is 0 Å². The quantitative estimate of drug-likeness (QED) is 0.230.